The summed E-state index contributed by atoms with van der Waals surface area (Å²) in [7, 11) is 3.08. The fourth-order valence-corrected chi connectivity index (χ4v) is 3.68. The number of benzene rings is 3. The second kappa shape index (κ2) is 12.0. The summed E-state index contributed by atoms with van der Waals surface area (Å²) in [6, 6.07) is 18.3. The molecule has 3 aromatic rings. The van der Waals surface area contributed by atoms with E-state index in [1.165, 1.54) is 24.1 Å². The molecule has 35 heavy (non-hydrogen) atoms. The summed E-state index contributed by atoms with van der Waals surface area (Å²) >= 11 is 0. The molecule has 0 saturated heterocycles. The van der Waals surface area contributed by atoms with Gasteiger partial charge in [-0.05, 0) is 54.8 Å². The molecule has 2 amide bonds. The van der Waals surface area contributed by atoms with Crippen LogP contribution in [0.5, 0.6) is 11.5 Å². The number of nitrogens with zero attached hydrogens (tertiary/aromatic N) is 1. The maximum Gasteiger partial charge on any atom is 0.242 e. The lowest BCUT2D eigenvalue weighted by atomic mass is 10.1. The van der Waals surface area contributed by atoms with Crippen LogP contribution in [0.4, 0.5) is 4.39 Å². The quantitative estimate of drug-likeness (QED) is 0.468. The van der Waals surface area contributed by atoms with E-state index in [0.717, 1.165) is 22.3 Å². The van der Waals surface area contributed by atoms with Crippen molar-refractivity contribution in [2.24, 2.45) is 0 Å². The smallest absolute Gasteiger partial charge is 0.242 e. The Bertz CT molecular complexity index is 1150. The first-order chi connectivity index (χ1) is 16.8. The molecule has 0 aliphatic carbocycles. The second-order valence-electron chi connectivity index (χ2n) is 8.39. The lowest BCUT2D eigenvalue weighted by Gasteiger charge is -2.29. The summed E-state index contributed by atoms with van der Waals surface area (Å²) in [5.74, 6) is 0.219. The molecule has 3 rings (SSSR count). The van der Waals surface area contributed by atoms with E-state index in [-0.39, 0.29) is 30.6 Å². The number of aryl methyl sites for hydroxylation is 1. The molecule has 6 nitrogen and oxygen atoms in total. The summed E-state index contributed by atoms with van der Waals surface area (Å²) in [5, 5.41) is 2.92. The Morgan fingerprint density at radius 3 is 2.11 bits per heavy atom. The monoisotopic (exact) mass is 478 g/mol. The Kier molecular flexibility index (Phi) is 8.84. The van der Waals surface area contributed by atoms with Gasteiger partial charge >= 0.3 is 0 Å². The number of rotatable bonds is 10. The highest BCUT2D eigenvalue weighted by atomic mass is 19.1. The van der Waals surface area contributed by atoms with Crippen LogP contribution in [0, 0.1) is 12.7 Å². The first kappa shape index (κ1) is 25.7. The minimum atomic E-state index is -0.738. The molecular weight excluding hydrogens is 447 g/mol. The van der Waals surface area contributed by atoms with Crippen LogP contribution in [-0.4, -0.2) is 37.0 Å². The van der Waals surface area contributed by atoms with Gasteiger partial charge in [0.05, 0.1) is 20.6 Å². The predicted octanol–water partition coefficient (Wildman–Crippen LogP) is 4.43. The van der Waals surface area contributed by atoms with Gasteiger partial charge in [-0.25, -0.2) is 4.39 Å². The second-order valence-corrected chi connectivity index (χ2v) is 8.39. The minimum absolute atomic E-state index is 0.0666. The third-order valence-corrected chi connectivity index (χ3v) is 5.82. The predicted molar refractivity (Wildman–Crippen MR) is 133 cm³/mol. The number of ether oxygens (including phenoxy) is 2. The van der Waals surface area contributed by atoms with E-state index in [0.29, 0.717) is 18.0 Å². The Morgan fingerprint density at radius 1 is 0.886 bits per heavy atom. The molecule has 0 unspecified atom stereocenters. The number of hydrogen-bond donors (Lipinski definition) is 1. The summed E-state index contributed by atoms with van der Waals surface area (Å²) < 4.78 is 24.0. The van der Waals surface area contributed by atoms with E-state index in [2.05, 4.69) is 5.32 Å². The van der Waals surface area contributed by atoms with Gasteiger partial charge in [0.15, 0.2) is 11.5 Å². The third-order valence-electron chi connectivity index (χ3n) is 5.82. The zero-order valence-corrected chi connectivity index (χ0v) is 20.5. The summed E-state index contributed by atoms with van der Waals surface area (Å²) in [5.41, 5.74) is 3.56. The van der Waals surface area contributed by atoms with E-state index in [1.807, 2.05) is 31.2 Å². The number of hydrogen-bond acceptors (Lipinski definition) is 4. The largest absolute Gasteiger partial charge is 0.493 e. The number of nitrogens with one attached hydrogen (secondary N) is 1. The molecule has 3 aromatic carbocycles. The van der Waals surface area contributed by atoms with Crippen LogP contribution in [0.15, 0.2) is 66.7 Å². The van der Waals surface area contributed by atoms with Crippen LogP contribution in [0.2, 0.25) is 0 Å². The van der Waals surface area contributed by atoms with Gasteiger partial charge in [-0.3, -0.25) is 9.59 Å². The third kappa shape index (κ3) is 7.06. The Hall–Kier alpha value is -3.87. The Morgan fingerprint density at radius 2 is 1.49 bits per heavy atom. The van der Waals surface area contributed by atoms with E-state index >= 15 is 0 Å². The molecule has 0 aliphatic heterocycles. The molecule has 184 valence electrons. The van der Waals surface area contributed by atoms with E-state index in [9.17, 15) is 14.0 Å². The van der Waals surface area contributed by atoms with Crippen molar-refractivity contribution in [3.8, 4) is 11.5 Å². The lowest BCUT2D eigenvalue weighted by Crippen LogP contribution is -2.48. The van der Waals surface area contributed by atoms with Gasteiger partial charge in [0.25, 0.3) is 0 Å². The molecule has 1 atom stereocenters. The lowest BCUT2D eigenvalue weighted by molar-refractivity contribution is -0.140. The van der Waals surface area contributed by atoms with Crippen LogP contribution in [0.25, 0.3) is 0 Å². The molecule has 0 aliphatic rings. The highest BCUT2D eigenvalue weighted by Crippen LogP contribution is 2.28. The molecule has 0 aromatic heterocycles. The van der Waals surface area contributed by atoms with Gasteiger partial charge in [0.2, 0.25) is 11.8 Å². The van der Waals surface area contributed by atoms with Crippen LogP contribution < -0.4 is 14.8 Å². The van der Waals surface area contributed by atoms with Crippen molar-refractivity contribution in [3.05, 3.63) is 94.8 Å². The zero-order valence-electron chi connectivity index (χ0n) is 20.5. The van der Waals surface area contributed by atoms with Crippen molar-refractivity contribution in [2.75, 3.05) is 14.2 Å². The minimum Gasteiger partial charge on any atom is -0.493 e. The van der Waals surface area contributed by atoms with Crippen molar-refractivity contribution in [2.45, 2.75) is 39.4 Å². The summed E-state index contributed by atoms with van der Waals surface area (Å²) in [6.07, 6.45) is 0.0666. The SMILES string of the molecule is COc1ccc(CC(=O)N(Cc2ccc(F)cc2)[C@H](C)C(=O)NCc2ccc(C)cc2)cc1OC. The number of amides is 2. The van der Waals surface area contributed by atoms with Crippen LogP contribution in [0.1, 0.15) is 29.2 Å². The van der Waals surface area contributed by atoms with Crippen LogP contribution in [-0.2, 0) is 29.1 Å². The number of carbonyl (C=O) groups is 2. The van der Waals surface area contributed by atoms with Gasteiger partial charge < -0.3 is 19.7 Å². The molecule has 0 saturated carbocycles. The van der Waals surface area contributed by atoms with Crippen molar-refractivity contribution < 1.29 is 23.5 Å². The Labute approximate surface area is 205 Å². The van der Waals surface area contributed by atoms with Crippen molar-refractivity contribution >= 4 is 11.8 Å². The van der Waals surface area contributed by atoms with Gasteiger partial charge in [-0.15, -0.1) is 0 Å². The average Bonchev–Trinajstić information content (AvgIpc) is 2.87. The number of methoxy groups -OCH3 is 2. The number of carbonyl (C=O) groups excluding carboxylic acids is 2. The van der Waals surface area contributed by atoms with Gasteiger partial charge in [-0.2, -0.15) is 0 Å². The molecule has 0 heterocycles. The van der Waals surface area contributed by atoms with Crippen LogP contribution in [0.3, 0.4) is 0 Å². The molecule has 0 fully saturated rings. The molecular formula is C28H31FN2O4. The number of halogens is 1. The first-order valence-electron chi connectivity index (χ1n) is 11.4. The summed E-state index contributed by atoms with van der Waals surface area (Å²) in [6.45, 7) is 4.23. The molecule has 0 spiro atoms. The van der Waals surface area contributed by atoms with Gasteiger partial charge in [-0.1, -0.05) is 48.0 Å². The Balaban J connectivity index is 1.77. The maximum atomic E-state index is 13.4. The van der Waals surface area contributed by atoms with Gasteiger partial charge in [0.1, 0.15) is 11.9 Å². The maximum absolute atomic E-state index is 13.4. The average molecular weight is 479 g/mol. The van der Waals surface area contributed by atoms with E-state index in [4.69, 9.17) is 9.47 Å². The van der Waals surface area contributed by atoms with Crippen molar-refractivity contribution in [3.63, 3.8) is 0 Å². The van der Waals surface area contributed by atoms with Crippen molar-refractivity contribution in [1.82, 2.24) is 10.2 Å². The first-order valence-corrected chi connectivity index (χ1v) is 11.4. The fraction of sp³-hybridized carbons (Fsp3) is 0.286. The highest BCUT2D eigenvalue weighted by Gasteiger charge is 2.26. The standard InChI is InChI=1S/C28H31FN2O4/c1-19-5-7-21(8-6-19)17-30-28(33)20(2)31(18-22-9-12-24(29)13-10-22)27(32)16-23-11-14-25(34-3)26(15-23)35-4/h5-15,20H,16-18H2,1-4H3,(H,30,33)/t20-/m1/s1. The van der Waals surface area contributed by atoms with Crippen molar-refractivity contribution in [1.29, 1.82) is 0 Å². The van der Waals surface area contributed by atoms with Gasteiger partial charge in [0, 0.05) is 13.1 Å². The zero-order chi connectivity index (χ0) is 25.4. The van der Waals surface area contributed by atoms with E-state index < -0.39 is 6.04 Å². The van der Waals surface area contributed by atoms with Crippen LogP contribution >= 0.6 is 0 Å². The fourth-order valence-electron chi connectivity index (χ4n) is 3.68. The molecule has 0 bridgehead atoms. The van der Waals surface area contributed by atoms with E-state index in [1.54, 1.807) is 44.4 Å². The topological polar surface area (TPSA) is 67.9 Å². The molecule has 7 heteroatoms. The highest BCUT2D eigenvalue weighted by molar-refractivity contribution is 5.88. The molecule has 1 N–H and O–H groups in total. The summed E-state index contributed by atoms with van der Waals surface area (Å²) in [4.78, 5) is 27.9. The molecule has 0 radical (unpaired) electrons. The normalized spacial score (nSPS) is 11.5.